The van der Waals surface area contributed by atoms with Gasteiger partial charge in [-0.1, -0.05) is 6.92 Å². The molecule has 1 aromatic heterocycles. The zero-order valence-corrected chi connectivity index (χ0v) is 11.3. The molecule has 0 aliphatic heterocycles. The molecule has 1 aromatic rings. The van der Waals surface area contributed by atoms with Gasteiger partial charge in [0.25, 0.3) is 0 Å². The highest BCUT2D eigenvalue weighted by Gasteiger charge is 2.16. The molecule has 0 saturated heterocycles. The summed E-state index contributed by atoms with van der Waals surface area (Å²) in [4.78, 5) is 0. The van der Waals surface area contributed by atoms with Crippen LogP contribution < -0.4 is 5.32 Å². The molecule has 0 fully saturated rings. The van der Waals surface area contributed by atoms with Crippen molar-refractivity contribution in [2.45, 2.75) is 46.7 Å². The molecule has 1 heterocycles. The first-order chi connectivity index (χ1) is 7.98. The number of hydrogen-bond acceptors (Lipinski definition) is 2. The van der Waals surface area contributed by atoms with Crippen LogP contribution in [0.1, 0.15) is 45.7 Å². The normalized spacial score (nSPS) is 13.4. The predicted octanol–water partition coefficient (Wildman–Crippen LogP) is 3.10. The number of nitriles is 1. The van der Waals surface area contributed by atoms with Gasteiger partial charge in [0.1, 0.15) is 0 Å². The van der Waals surface area contributed by atoms with Gasteiger partial charge in [-0.05, 0) is 45.4 Å². The first-order valence-electron chi connectivity index (χ1n) is 6.29. The van der Waals surface area contributed by atoms with Crippen LogP contribution in [0.5, 0.6) is 0 Å². The summed E-state index contributed by atoms with van der Waals surface area (Å²) < 4.78 is 2.17. The van der Waals surface area contributed by atoms with Gasteiger partial charge in [-0.2, -0.15) is 5.26 Å². The van der Waals surface area contributed by atoms with E-state index in [1.54, 1.807) is 0 Å². The van der Waals surface area contributed by atoms with Crippen LogP contribution in [0.15, 0.2) is 18.5 Å². The van der Waals surface area contributed by atoms with E-state index in [9.17, 15) is 0 Å². The summed E-state index contributed by atoms with van der Waals surface area (Å²) in [6, 6.07) is 4.88. The van der Waals surface area contributed by atoms with E-state index in [0.717, 1.165) is 19.5 Å². The van der Waals surface area contributed by atoms with Crippen molar-refractivity contribution in [1.82, 2.24) is 9.88 Å². The summed E-state index contributed by atoms with van der Waals surface area (Å²) in [5.74, 6) is 0. The maximum Gasteiger partial charge on any atom is 0.0684 e. The predicted molar refractivity (Wildman–Crippen MR) is 70.5 cm³/mol. The molecule has 1 N–H and O–H groups in total. The Balaban J connectivity index is 2.55. The van der Waals surface area contributed by atoms with Crippen LogP contribution in [-0.4, -0.2) is 11.1 Å². The SMILES string of the molecule is CCNC(C)c1ccn(CCC(C)(C)C#N)c1. The molecule has 3 heteroatoms. The largest absolute Gasteiger partial charge is 0.354 e. The van der Waals surface area contributed by atoms with Crippen molar-refractivity contribution in [3.05, 3.63) is 24.0 Å². The topological polar surface area (TPSA) is 40.8 Å². The lowest BCUT2D eigenvalue weighted by atomic mass is 9.91. The highest BCUT2D eigenvalue weighted by atomic mass is 15.0. The van der Waals surface area contributed by atoms with Crippen LogP contribution in [0, 0.1) is 16.7 Å². The second-order valence-electron chi connectivity index (χ2n) is 5.21. The molecule has 0 aliphatic carbocycles. The maximum absolute atomic E-state index is 8.97. The van der Waals surface area contributed by atoms with Gasteiger partial charge >= 0.3 is 0 Å². The van der Waals surface area contributed by atoms with Gasteiger partial charge in [-0.15, -0.1) is 0 Å². The Bertz CT molecular complexity index is 384. The lowest BCUT2D eigenvalue weighted by molar-refractivity contribution is 0.413. The molecule has 1 rings (SSSR count). The molecule has 0 aromatic carbocycles. The highest BCUT2D eigenvalue weighted by Crippen LogP contribution is 2.20. The van der Waals surface area contributed by atoms with Gasteiger partial charge in [0.05, 0.1) is 11.5 Å². The Morgan fingerprint density at radius 2 is 2.24 bits per heavy atom. The van der Waals surface area contributed by atoms with Crippen molar-refractivity contribution in [1.29, 1.82) is 5.26 Å². The van der Waals surface area contributed by atoms with E-state index in [1.165, 1.54) is 5.56 Å². The van der Waals surface area contributed by atoms with Gasteiger partial charge in [0, 0.05) is 25.0 Å². The van der Waals surface area contributed by atoms with Gasteiger partial charge in [-0.3, -0.25) is 0 Å². The van der Waals surface area contributed by atoms with Crippen molar-refractivity contribution in [2.24, 2.45) is 5.41 Å². The first-order valence-corrected chi connectivity index (χ1v) is 6.29. The number of nitrogens with zero attached hydrogens (tertiary/aromatic N) is 2. The minimum absolute atomic E-state index is 0.238. The van der Waals surface area contributed by atoms with Gasteiger partial charge in [0.15, 0.2) is 0 Å². The summed E-state index contributed by atoms with van der Waals surface area (Å²) in [5.41, 5.74) is 1.07. The fourth-order valence-corrected chi connectivity index (χ4v) is 1.74. The van der Waals surface area contributed by atoms with E-state index in [2.05, 4.69) is 48.3 Å². The summed E-state index contributed by atoms with van der Waals surface area (Å²) in [6.45, 7) is 10.1. The Morgan fingerprint density at radius 3 is 2.82 bits per heavy atom. The number of nitrogens with one attached hydrogen (secondary N) is 1. The Morgan fingerprint density at radius 1 is 1.53 bits per heavy atom. The van der Waals surface area contributed by atoms with Crippen molar-refractivity contribution in [3.63, 3.8) is 0 Å². The minimum atomic E-state index is -0.238. The van der Waals surface area contributed by atoms with Crippen LogP contribution in [0.4, 0.5) is 0 Å². The monoisotopic (exact) mass is 233 g/mol. The number of aromatic nitrogens is 1. The van der Waals surface area contributed by atoms with Crippen molar-refractivity contribution in [2.75, 3.05) is 6.54 Å². The average molecular weight is 233 g/mol. The molecule has 0 radical (unpaired) electrons. The lowest BCUT2D eigenvalue weighted by Crippen LogP contribution is -2.17. The third-order valence-electron chi connectivity index (χ3n) is 3.08. The molecule has 94 valence electrons. The molecule has 17 heavy (non-hydrogen) atoms. The van der Waals surface area contributed by atoms with Crippen LogP contribution in [0.3, 0.4) is 0 Å². The molecule has 1 atom stereocenters. The van der Waals surface area contributed by atoms with Gasteiger partial charge < -0.3 is 9.88 Å². The Labute approximate surface area is 104 Å². The van der Waals surface area contributed by atoms with Crippen LogP contribution in [0.2, 0.25) is 0 Å². The van der Waals surface area contributed by atoms with E-state index in [0.29, 0.717) is 6.04 Å². The first kappa shape index (κ1) is 13.8. The molecular weight excluding hydrogens is 210 g/mol. The fourth-order valence-electron chi connectivity index (χ4n) is 1.74. The number of rotatable bonds is 6. The third-order valence-corrected chi connectivity index (χ3v) is 3.08. The fraction of sp³-hybridized carbons (Fsp3) is 0.643. The third kappa shape index (κ3) is 4.24. The zero-order chi connectivity index (χ0) is 12.9. The van der Waals surface area contributed by atoms with Gasteiger partial charge in [0.2, 0.25) is 0 Å². The smallest absolute Gasteiger partial charge is 0.0684 e. The van der Waals surface area contributed by atoms with Crippen LogP contribution in [-0.2, 0) is 6.54 Å². The lowest BCUT2D eigenvalue weighted by Gasteiger charge is -2.15. The van der Waals surface area contributed by atoms with E-state index >= 15 is 0 Å². The summed E-state index contributed by atoms with van der Waals surface area (Å²) in [7, 11) is 0. The number of aryl methyl sites for hydroxylation is 1. The molecule has 0 saturated carbocycles. The second kappa shape index (κ2) is 5.88. The molecule has 0 amide bonds. The van der Waals surface area contributed by atoms with Crippen LogP contribution in [0.25, 0.3) is 0 Å². The van der Waals surface area contributed by atoms with Crippen molar-refractivity contribution < 1.29 is 0 Å². The van der Waals surface area contributed by atoms with E-state index in [-0.39, 0.29) is 5.41 Å². The Hall–Kier alpha value is -1.27. The Kier molecular flexibility index (Phi) is 4.77. The zero-order valence-electron chi connectivity index (χ0n) is 11.3. The standard InChI is InChI=1S/C14H23N3/c1-5-16-12(2)13-6-8-17(10-13)9-7-14(3,4)11-15/h6,8,10,12,16H,5,7,9H2,1-4H3. The minimum Gasteiger partial charge on any atom is -0.354 e. The molecule has 3 nitrogen and oxygen atoms in total. The molecule has 1 unspecified atom stereocenters. The maximum atomic E-state index is 8.97. The van der Waals surface area contributed by atoms with E-state index in [1.807, 2.05) is 13.8 Å². The molecular formula is C14H23N3. The highest BCUT2D eigenvalue weighted by molar-refractivity contribution is 5.14. The molecule has 0 aliphatic rings. The van der Waals surface area contributed by atoms with Crippen molar-refractivity contribution >= 4 is 0 Å². The molecule has 0 bridgehead atoms. The van der Waals surface area contributed by atoms with Crippen LogP contribution >= 0.6 is 0 Å². The quantitative estimate of drug-likeness (QED) is 0.820. The number of hydrogen-bond donors (Lipinski definition) is 1. The summed E-state index contributed by atoms with van der Waals surface area (Å²) in [5, 5.41) is 12.4. The molecule has 0 spiro atoms. The summed E-state index contributed by atoms with van der Waals surface area (Å²) in [6.07, 6.45) is 5.14. The van der Waals surface area contributed by atoms with E-state index < -0.39 is 0 Å². The van der Waals surface area contributed by atoms with Crippen molar-refractivity contribution in [3.8, 4) is 6.07 Å². The van der Waals surface area contributed by atoms with Gasteiger partial charge in [-0.25, -0.2) is 0 Å². The summed E-state index contributed by atoms with van der Waals surface area (Å²) >= 11 is 0. The van der Waals surface area contributed by atoms with E-state index in [4.69, 9.17) is 5.26 Å². The average Bonchev–Trinajstić information content (AvgIpc) is 2.76. The second-order valence-corrected chi connectivity index (χ2v) is 5.21.